The monoisotopic (exact) mass is 574 g/mol. The third-order valence-corrected chi connectivity index (χ3v) is 13.3. The molecule has 0 aliphatic heterocycles. The summed E-state index contributed by atoms with van der Waals surface area (Å²) in [5.74, 6) is 0.929. The smallest absolute Gasteiger partial charge is 0.174 e. The van der Waals surface area contributed by atoms with Crippen LogP contribution in [0.4, 0.5) is 0 Å². The zero-order chi connectivity index (χ0) is 28.7. The Morgan fingerprint density at radius 2 is 0.976 bits per heavy atom. The molecule has 0 amide bonds. The van der Waals surface area contributed by atoms with Gasteiger partial charge in [0, 0.05) is 15.9 Å². The van der Waals surface area contributed by atoms with Crippen LogP contribution in [0.15, 0.2) is 163 Å². The van der Waals surface area contributed by atoms with Crippen LogP contribution >= 0.6 is 14.3 Å². The van der Waals surface area contributed by atoms with E-state index in [1.54, 1.807) is 0 Å². The Morgan fingerprint density at radius 3 is 1.49 bits per heavy atom. The Bertz CT molecular complexity index is 1730. The van der Waals surface area contributed by atoms with Gasteiger partial charge in [-0.3, -0.25) is 0 Å². The highest BCUT2D eigenvalue weighted by molar-refractivity contribution is 7.85. The average molecular weight is 575 g/mol. The molecular weight excluding hydrogens is 542 g/mol. The molecule has 0 aliphatic rings. The van der Waals surface area contributed by atoms with Crippen molar-refractivity contribution in [1.82, 2.24) is 0 Å². The predicted octanol–water partition coefficient (Wildman–Crippen LogP) is 7.91. The lowest BCUT2D eigenvalue weighted by molar-refractivity contribution is 0.489. The molecule has 5 rings (SSSR count). The largest absolute Gasteiger partial charge is 0.456 e. The number of benzene rings is 5. The van der Waals surface area contributed by atoms with Gasteiger partial charge in [0.1, 0.15) is 11.5 Å². The van der Waals surface area contributed by atoms with Gasteiger partial charge in [0.15, 0.2) is 14.3 Å². The molecule has 204 valence electrons. The second-order valence-corrected chi connectivity index (χ2v) is 15.3. The molecule has 0 bridgehead atoms. The summed E-state index contributed by atoms with van der Waals surface area (Å²) in [7, 11) is -6.59. The van der Waals surface area contributed by atoms with Gasteiger partial charge >= 0.3 is 0 Å². The summed E-state index contributed by atoms with van der Waals surface area (Å²) >= 11 is 0. The summed E-state index contributed by atoms with van der Waals surface area (Å²) < 4.78 is 37.0. The van der Waals surface area contributed by atoms with Crippen LogP contribution in [0.25, 0.3) is 0 Å². The molecule has 5 aromatic rings. The van der Waals surface area contributed by atoms with Crippen molar-refractivity contribution in [1.29, 1.82) is 0 Å². The quantitative estimate of drug-likeness (QED) is 0.133. The summed E-state index contributed by atoms with van der Waals surface area (Å²) in [5, 5.41) is 4.08. The predicted molar refractivity (Wildman–Crippen MR) is 174 cm³/mol. The van der Waals surface area contributed by atoms with E-state index in [-0.39, 0.29) is 0 Å². The van der Waals surface area contributed by atoms with Gasteiger partial charge in [-0.15, -0.1) is 0 Å². The Hall–Kier alpha value is -4.16. The Balaban J connectivity index is 1.70. The van der Waals surface area contributed by atoms with E-state index in [1.165, 1.54) is 0 Å². The SMILES string of the molecule is C/C=C\C=C(/C)P(=O)(c1ccccc1)c1ccccc1Oc1ccccc1P(=O)(c1ccccc1)c1ccccc1. The van der Waals surface area contributed by atoms with Gasteiger partial charge in [0.2, 0.25) is 0 Å². The van der Waals surface area contributed by atoms with E-state index in [4.69, 9.17) is 4.74 Å². The van der Waals surface area contributed by atoms with E-state index < -0.39 is 14.3 Å². The summed E-state index contributed by atoms with van der Waals surface area (Å²) in [6.07, 6.45) is 5.72. The van der Waals surface area contributed by atoms with E-state index in [0.29, 0.717) is 22.1 Å². The van der Waals surface area contributed by atoms with Crippen LogP contribution in [-0.2, 0) is 9.13 Å². The molecule has 1 unspecified atom stereocenters. The number of hydrogen-bond acceptors (Lipinski definition) is 3. The summed E-state index contributed by atoms with van der Waals surface area (Å²) in [5.41, 5.74) is 0. The maximum atomic E-state index is 15.2. The topological polar surface area (TPSA) is 43.4 Å². The first-order chi connectivity index (χ1) is 20.0. The second kappa shape index (κ2) is 12.6. The van der Waals surface area contributed by atoms with Crippen molar-refractivity contribution in [3.63, 3.8) is 0 Å². The Labute approximate surface area is 242 Å². The standard InChI is InChI=1S/C36H32O3P2/c1-3-4-18-29(2)40(37,30-19-8-5-9-20-30)35-27-16-14-25-33(35)39-34-26-15-17-28-36(34)41(38,31-21-10-6-11-22-31)32-23-12-7-13-24-32/h3-28H,1-2H3/b4-3-,29-18+. The van der Waals surface area contributed by atoms with Crippen LogP contribution < -0.4 is 31.3 Å². The van der Waals surface area contributed by atoms with E-state index in [2.05, 4.69) is 0 Å². The highest BCUT2D eigenvalue weighted by Gasteiger charge is 2.35. The molecule has 1 atom stereocenters. The van der Waals surface area contributed by atoms with Gasteiger partial charge in [-0.2, -0.15) is 0 Å². The molecule has 0 saturated carbocycles. The van der Waals surface area contributed by atoms with Crippen LogP contribution in [0.5, 0.6) is 11.5 Å². The lowest BCUT2D eigenvalue weighted by Crippen LogP contribution is -2.26. The number of para-hydroxylation sites is 2. The van der Waals surface area contributed by atoms with Crippen molar-refractivity contribution >= 4 is 40.8 Å². The number of rotatable bonds is 9. The molecular formula is C36H32O3P2. The Kier molecular flexibility index (Phi) is 8.70. The molecule has 0 heterocycles. The number of hydrogen-bond donors (Lipinski definition) is 0. The van der Waals surface area contributed by atoms with Gasteiger partial charge in [-0.1, -0.05) is 133 Å². The molecule has 0 radical (unpaired) electrons. The molecule has 0 spiro atoms. The van der Waals surface area contributed by atoms with Gasteiger partial charge in [0.05, 0.1) is 10.6 Å². The van der Waals surface area contributed by atoms with Crippen molar-refractivity contribution in [2.45, 2.75) is 13.8 Å². The van der Waals surface area contributed by atoms with Gasteiger partial charge in [-0.25, -0.2) is 0 Å². The molecule has 0 aliphatic carbocycles. The fraction of sp³-hybridized carbons (Fsp3) is 0.0556. The van der Waals surface area contributed by atoms with E-state index >= 15 is 9.13 Å². The minimum absolute atomic E-state index is 0.464. The summed E-state index contributed by atoms with van der Waals surface area (Å²) in [4.78, 5) is 0. The molecule has 0 N–H and O–H groups in total. The first-order valence-electron chi connectivity index (χ1n) is 13.5. The van der Waals surface area contributed by atoms with Crippen molar-refractivity contribution < 1.29 is 13.9 Å². The third-order valence-electron chi connectivity index (χ3n) is 7.01. The second-order valence-electron chi connectivity index (χ2n) is 9.60. The molecule has 0 saturated heterocycles. The number of ether oxygens (including phenoxy) is 1. The minimum Gasteiger partial charge on any atom is -0.456 e. The van der Waals surface area contributed by atoms with Gasteiger partial charge < -0.3 is 13.9 Å². The van der Waals surface area contributed by atoms with E-state index in [0.717, 1.165) is 21.2 Å². The first kappa shape index (κ1) is 28.4. The molecule has 5 heteroatoms. The van der Waals surface area contributed by atoms with E-state index in [9.17, 15) is 0 Å². The zero-order valence-electron chi connectivity index (χ0n) is 23.1. The molecule has 0 fully saturated rings. The fourth-order valence-electron chi connectivity index (χ4n) is 4.94. The lowest BCUT2D eigenvalue weighted by Gasteiger charge is -2.25. The normalized spacial score (nSPS) is 13.6. The molecule has 5 aromatic carbocycles. The van der Waals surface area contributed by atoms with Crippen LogP contribution in [-0.4, -0.2) is 0 Å². The van der Waals surface area contributed by atoms with Crippen LogP contribution in [0.1, 0.15) is 13.8 Å². The summed E-state index contributed by atoms with van der Waals surface area (Å²) in [6, 6.07) is 43.5. The fourth-order valence-corrected chi connectivity index (χ4v) is 10.4. The minimum atomic E-state index is -3.31. The molecule has 0 aromatic heterocycles. The lowest BCUT2D eigenvalue weighted by atomic mass is 10.3. The highest BCUT2D eigenvalue weighted by Crippen LogP contribution is 2.54. The van der Waals surface area contributed by atoms with Crippen LogP contribution in [0.2, 0.25) is 0 Å². The first-order valence-corrected chi connectivity index (χ1v) is 16.9. The van der Waals surface area contributed by atoms with Crippen LogP contribution in [0.3, 0.4) is 0 Å². The van der Waals surface area contributed by atoms with Crippen molar-refractivity contribution in [2.75, 3.05) is 0 Å². The summed E-state index contributed by atoms with van der Waals surface area (Å²) in [6.45, 7) is 3.83. The maximum Gasteiger partial charge on any atom is 0.174 e. The maximum absolute atomic E-state index is 15.2. The van der Waals surface area contributed by atoms with Crippen molar-refractivity contribution in [2.24, 2.45) is 0 Å². The van der Waals surface area contributed by atoms with E-state index in [1.807, 2.05) is 172 Å². The highest BCUT2D eigenvalue weighted by atomic mass is 31.2. The van der Waals surface area contributed by atoms with Crippen molar-refractivity contribution in [3.05, 3.63) is 163 Å². The number of allylic oxidation sites excluding steroid dienone is 4. The molecule has 3 nitrogen and oxygen atoms in total. The third kappa shape index (κ3) is 5.57. The van der Waals surface area contributed by atoms with Crippen LogP contribution in [0, 0.1) is 0 Å². The average Bonchev–Trinajstić information content (AvgIpc) is 3.04. The van der Waals surface area contributed by atoms with Gasteiger partial charge in [-0.05, 0) is 43.4 Å². The van der Waals surface area contributed by atoms with Crippen molar-refractivity contribution in [3.8, 4) is 11.5 Å². The molecule has 41 heavy (non-hydrogen) atoms. The zero-order valence-corrected chi connectivity index (χ0v) is 24.9. The Morgan fingerprint density at radius 1 is 0.561 bits per heavy atom. The van der Waals surface area contributed by atoms with Gasteiger partial charge in [0.25, 0.3) is 0 Å².